The van der Waals surface area contributed by atoms with E-state index < -0.39 is 0 Å². The van der Waals surface area contributed by atoms with E-state index in [1.807, 2.05) is 6.07 Å². The summed E-state index contributed by atoms with van der Waals surface area (Å²) < 4.78 is 10.6. The van der Waals surface area contributed by atoms with E-state index in [1.54, 1.807) is 14.2 Å². The number of fused-ring (bicyclic) bond motifs is 3. The van der Waals surface area contributed by atoms with Crippen LogP contribution in [-0.4, -0.2) is 59.0 Å². The van der Waals surface area contributed by atoms with E-state index in [-0.39, 0.29) is 17.9 Å². The average molecular weight is 424 g/mol. The van der Waals surface area contributed by atoms with Crippen LogP contribution in [0.15, 0.2) is 42.5 Å². The van der Waals surface area contributed by atoms with Crippen LogP contribution in [0, 0.1) is 12.8 Å². The van der Waals surface area contributed by atoms with Crippen molar-refractivity contribution in [1.29, 1.82) is 0 Å². The Balaban J connectivity index is 1.59. The van der Waals surface area contributed by atoms with Gasteiger partial charge in [-0.05, 0) is 43.5 Å². The topological polar surface area (TPSA) is 54.0 Å². The van der Waals surface area contributed by atoms with Gasteiger partial charge in [0.05, 0.1) is 19.1 Å². The summed E-state index contributed by atoms with van der Waals surface area (Å²) in [5, 5.41) is 3.15. The molecule has 2 aliphatic heterocycles. The van der Waals surface area contributed by atoms with Crippen LogP contribution < -0.4 is 19.9 Å². The smallest absolute Gasteiger partial charge is 0.225 e. The van der Waals surface area contributed by atoms with Crippen LogP contribution in [0.1, 0.15) is 17.5 Å². The largest absolute Gasteiger partial charge is 0.497 e. The molecule has 2 heterocycles. The lowest BCUT2D eigenvalue weighted by atomic mass is 9.83. The third kappa shape index (κ3) is 4.64. The second-order valence-corrected chi connectivity index (χ2v) is 8.48. The average Bonchev–Trinajstić information content (AvgIpc) is 2.81. The zero-order chi connectivity index (χ0) is 21.8. The second kappa shape index (κ2) is 9.60. The molecule has 0 radical (unpaired) electrons. The highest BCUT2D eigenvalue weighted by molar-refractivity contribution is 5.82. The summed E-state index contributed by atoms with van der Waals surface area (Å²) in [5.41, 5.74) is 4.91. The minimum atomic E-state index is -0.0864. The Hall–Kier alpha value is -2.73. The molecule has 0 spiro atoms. The van der Waals surface area contributed by atoms with Crippen molar-refractivity contribution in [3.63, 3.8) is 0 Å². The van der Waals surface area contributed by atoms with E-state index in [0.29, 0.717) is 13.2 Å². The number of benzene rings is 2. The molecular formula is C25H33N3O3. The van der Waals surface area contributed by atoms with Crippen LogP contribution in [0.4, 0.5) is 11.4 Å². The molecule has 1 amide bonds. The first-order chi connectivity index (χ1) is 15.1. The number of hydrogen-bond acceptors (Lipinski definition) is 5. The van der Waals surface area contributed by atoms with Gasteiger partial charge in [0.2, 0.25) is 5.91 Å². The molecule has 6 heteroatoms. The van der Waals surface area contributed by atoms with Crippen molar-refractivity contribution in [3.05, 3.63) is 53.6 Å². The summed E-state index contributed by atoms with van der Waals surface area (Å²) in [7, 11) is 3.39. The van der Waals surface area contributed by atoms with E-state index in [4.69, 9.17) is 9.47 Å². The lowest BCUT2D eigenvalue weighted by Crippen LogP contribution is -2.61. The third-order valence-corrected chi connectivity index (χ3v) is 6.49. The molecule has 2 aromatic carbocycles. The molecule has 2 aliphatic rings. The van der Waals surface area contributed by atoms with Crippen molar-refractivity contribution >= 4 is 17.3 Å². The summed E-state index contributed by atoms with van der Waals surface area (Å²) in [6.07, 6.45) is 1.57. The maximum atomic E-state index is 13.2. The molecule has 0 aliphatic carbocycles. The predicted octanol–water partition coefficient (Wildman–Crippen LogP) is 3.02. The summed E-state index contributed by atoms with van der Waals surface area (Å²) in [5.74, 6) is 0.913. The molecule has 0 aromatic heterocycles. The number of ether oxygens (including phenoxy) is 2. The van der Waals surface area contributed by atoms with Gasteiger partial charge in [-0.15, -0.1) is 0 Å². The molecule has 0 bridgehead atoms. The number of rotatable bonds is 7. The van der Waals surface area contributed by atoms with Gasteiger partial charge in [-0.3, -0.25) is 4.79 Å². The lowest BCUT2D eigenvalue weighted by molar-refractivity contribution is -0.125. The van der Waals surface area contributed by atoms with Gasteiger partial charge in [0.1, 0.15) is 5.75 Å². The molecule has 1 saturated heterocycles. The molecule has 1 fully saturated rings. The first kappa shape index (κ1) is 21.5. The molecule has 0 saturated carbocycles. The molecule has 2 atom stereocenters. The first-order valence-corrected chi connectivity index (χ1v) is 11.1. The van der Waals surface area contributed by atoms with Crippen molar-refractivity contribution in [2.75, 3.05) is 56.8 Å². The molecule has 0 unspecified atom stereocenters. The zero-order valence-electron chi connectivity index (χ0n) is 18.8. The highest BCUT2D eigenvalue weighted by atomic mass is 16.5. The summed E-state index contributed by atoms with van der Waals surface area (Å²) in [4.78, 5) is 18.1. The van der Waals surface area contributed by atoms with E-state index >= 15 is 0 Å². The van der Waals surface area contributed by atoms with Crippen LogP contribution in [0.2, 0.25) is 0 Å². The van der Waals surface area contributed by atoms with Gasteiger partial charge in [-0.1, -0.05) is 23.8 Å². The highest BCUT2D eigenvalue weighted by Crippen LogP contribution is 2.39. The molecule has 2 aromatic rings. The predicted molar refractivity (Wildman–Crippen MR) is 124 cm³/mol. The maximum absolute atomic E-state index is 13.2. The Morgan fingerprint density at radius 1 is 1.13 bits per heavy atom. The number of methoxy groups -OCH3 is 2. The number of nitrogens with one attached hydrogen (secondary N) is 1. The zero-order valence-corrected chi connectivity index (χ0v) is 18.8. The Labute approximate surface area is 185 Å². The van der Waals surface area contributed by atoms with Crippen molar-refractivity contribution in [2.45, 2.75) is 25.8 Å². The van der Waals surface area contributed by atoms with Crippen LogP contribution in [0.5, 0.6) is 5.75 Å². The molecule has 1 N–H and O–H groups in total. The molecule has 4 rings (SSSR count). The molecule has 31 heavy (non-hydrogen) atoms. The van der Waals surface area contributed by atoms with E-state index in [9.17, 15) is 4.79 Å². The van der Waals surface area contributed by atoms with Crippen LogP contribution >= 0.6 is 0 Å². The Bertz CT molecular complexity index is 899. The summed E-state index contributed by atoms with van der Waals surface area (Å²) >= 11 is 0. The molecular weight excluding hydrogens is 390 g/mol. The number of anilines is 2. The lowest BCUT2D eigenvalue weighted by Gasteiger charge is -2.49. The van der Waals surface area contributed by atoms with Gasteiger partial charge < -0.3 is 24.6 Å². The van der Waals surface area contributed by atoms with Gasteiger partial charge >= 0.3 is 0 Å². The maximum Gasteiger partial charge on any atom is 0.225 e. The normalized spacial score (nSPS) is 20.1. The van der Waals surface area contributed by atoms with Gasteiger partial charge in [0.25, 0.3) is 0 Å². The SMILES string of the molecule is COCCCNC(=O)[C@H]1Cc2ccc(OC)cc2N2CCN(c3ccc(C)cc3)C[C@@H]12. The minimum Gasteiger partial charge on any atom is -0.497 e. The number of nitrogens with zero attached hydrogens (tertiary/aromatic N) is 2. The van der Waals surface area contributed by atoms with Gasteiger partial charge in [0, 0.05) is 57.3 Å². The standard InChI is InChI=1S/C25H33N3O3/c1-18-5-8-20(9-6-18)27-12-13-28-23-16-21(31-3)10-7-19(23)15-22(24(28)17-27)25(29)26-11-4-14-30-2/h5-10,16,22,24H,4,11-15,17H2,1-3H3,(H,26,29)/t22-,24-/m0/s1. The van der Waals surface area contributed by atoms with Gasteiger partial charge in [0.15, 0.2) is 0 Å². The van der Waals surface area contributed by atoms with Crippen molar-refractivity contribution in [1.82, 2.24) is 5.32 Å². The fourth-order valence-electron chi connectivity index (χ4n) is 4.75. The number of amides is 1. The monoisotopic (exact) mass is 423 g/mol. The number of carbonyl (C=O) groups is 1. The number of hydrogen-bond donors (Lipinski definition) is 1. The Kier molecular flexibility index (Phi) is 6.66. The van der Waals surface area contributed by atoms with Crippen LogP contribution in [0.3, 0.4) is 0 Å². The number of carbonyl (C=O) groups excluding carboxylic acids is 1. The van der Waals surface area contributed by atoms with Crippen LogP contribution in [-0.2, 0) is 16.0 Å². The summed E-state index contributed by atoms with van der Waals surface area (Å²) in [6.45, 7) is 6.05. The first-order valence-electron chi connectivity index (χ1n) is 11.1. The van der Waals surface area contributed by atoms with Gasteiger partial charge in [-0.25, -0.2) is 0 Å². The fraction of sp³-hybridized carbons (Fsp3) is 0.480. The fourth-order valence-corrected chi connectivity index (χ4v) is 4.75. The Morgan fingerprint density at radius 2 is 1.94 bits per heavy atom. The molecule has 166 valence electrons. The number of piperazine rings is 1. The van der Waals surface area contributed by atoms with Crippen LogP contribution in [0.25, 0.3) is 0 Å². The minimum absolute atomic E-state index is 0.0864. The highest BCUT2D eigenvalue weighted by Gasteiger charge is 2.41. The van der Waals surface area contributed by atoms with E-state index in [2.05, 4.69) is 58.4 Å². The Morgan fingerprint density at radius 3 is 2.68 bits per heavy atom. The molecule has 6 nitrogen and oxygen atoms in total. The van der Waals surface area contributed by atoms with Crippen molar-refractivity contribution in [3.8, 4) is 5.75 Å². The van der Waals surface area contributed by atoms with Crippen molar-refractivity contribution in [2.24, 2.45) is 5.92 Å². The van der Waals surface area contributed by atoms with E-state index in [0.717, 1.165) is 38.2 Å². The summed E-state index contributed by atoms with van der Waals surface area (Å²) in [6, 6.07) is 15.0. The quantitative estimate of drug-likeness (QED) is 0.694. The van der Waals surface area contributed by atoms with Gasteiger partial charge in [-0.2, -0.15) is 0 Å². The van der Waals surface area contributed by atoms with E-state index in [1.165, 1.54) is 22.5 Å². The number of aryl methyl sites for hydroxylation is 1. The van der Waals surface area contributed by atoms with Crippen molar-refractivity contribution < 1.29 is 14.3 Å². The third-order valence-electron chi connectivity index (χ3n) is 6.49. The second-order valence-electron chi connectivity index (χ2n) is 8.48.